The van der Waals surface area contributed by atoms with Gasteiger partial charge in [0.05, 0.1) is 0 Å². The molecule has 8 aromatic rings. The molecule has 0 heteroatoms. The third kappa shape index (κ3) is 9.30. The molecular formula is C64H68. The Labute approximate surface area is 385 Å². The summed E-state index contributed by atoms with van der Waals surface area (Å²) in [6, 6.07) is 60.8. The standard InChI is InChI=1S/C64H68/c1-41-15-32-57-59(33-41)58(51-37-47(43-16-24-53(25-17-43)61(3,4)5)35-48(38-51)44-18-26-54(27-19-44)62(6,7)8)34-42(2)60(57)52-39-49(45-20-28-55(29-21-45)63(9,10)11)36-50(40-52)46-22-30-56(31-23-46)64(12,13)14/h15-40H,1-14H3. The van der Waals surface area contributed by atoms with Crippen LogP contribution in [0.3, 0.4) is 0 Å². The van der Waals surface area contributed by atoms with Crippen LogP contribution in [0.4, 0.5) is 0 Å². The van der Waals surface area contributed by atoms with E-state index >= 15 is 0 Å². The highest BCUT2D eigenvalue weighted by molar-refractivity contribution is 6.08. The molecule has 0 aliphatic rings. The summed E-state index contributed by atoms with van der Waals surface area (Å²) in [6.45, 7) is 31.9. The van der Waals surface area contributed by atoms with Crippen LogP contribution in [0.1, 0.15) is 116 Å². The molecule has 0 aliphatic carbocycles. The van der Waals surface area contributed by atoms with E-state index < -0.39 is 0 Å². The highest BCUT2D eigenvalue weighted by atomic mass is 14.2. The molecule has 8 aromatic carbocycles. The van der Waals surface area contributed by atoms with Gasteiger partial charge in [0, 0.05) is 0 Å². The fourth-order valence-corrected chi connectivity index (χ4v) is 9.17. The van der Waals surface area contributed by atoms with Gasteiger partial charge >= 0.3 is 0 Å². The molecule has 0 atom stereocenters. The maximum absolute atomic E-state index is 2.45. The second-order valence-corrected chi connectivity index (χ2v) is 22.6. The highest BCUT2D eigenvalue weighted by Crippen LogP contribution is 2.44. The molecule has 0 nitrogen and oxygen atoms in total. The number of hydrogen-bond donors (Lipinski definition) is 0. The molecular weight excluding hydrogens is 769 g/mol. The van der Waals surface area contributed by atoms with Crippen LogP contribution in [0, 0.1) is 13.8 Å². The smallest absolute Gasteiger partial charge is 0.00752 e. The van der Waals surface area contributed by atoms with Gasteiger partial charge in [-0.1, -0.05) is 210 Å². The molecule has 324 valence electrons. The van der Waals surface area contributed by atoms with Gasteiger partial charge < -0.3 is 0 Å². The first-order valence-electron chi connectivity index (χ1n) is 23.3. The van der Waals surface area contributed by atoms with E-state index in [1.807, 2.05) is 0 Å². The van der Waals surface area contributed by atoms with Crippen LogP contribution < -0.4 is 0 Å². The van der Waals surface area contributed by atoms with Crippen molar-refractivity contribution in [3.8, 4) is 66.8 Å². The number of aryl methyl sites for hydroxylation is 2. The molecule has 0 amide bonds. The van der Waals surface area contributed by atoms with E-state index in [4.69, 9.17) is 0 Å². The molecule has 0 radical (unpaired) electrons. The van der Waals surface area contributed by atoms with Gasteiger partial charge in [0.25, 0.3) is 0 Å². The molecule has 0 heterocycles. The Hall–Kier alpha value is -5.98. The minimum atomic E-state index is 0.0876. The van der Waals surface area contributed by atoms with Crippen LogP contribution in [0.2, 0.25) is 0 Å². The average Bonchev–Trinajstić information content (AvgIpc) is 3.25. The van der Waals surface area contributed by atoms with Crippen molar-refractivity contribution in [3.63, 3.8) is 0 Å². The molecule has 0 aliphatic heterocycles. The summed E-state index contributed by atoms with van der Waals surface area (Å²) in [7, 11) is 0. The van der Waals surface area contributed by atoms with E-state index in [0.717, 1.165) is 0 Å². The molecule has 64 heavy (non-hydrogen) atoms. The van der Waals surface area contributed by atoms with Crippen LogP contribution in [0.5, 0.6) is 0 Å². The molecule has 0 bridgehead atoms. The van der Waals surface area contributed by atoms with Crippen molar-refractivity contribution in [1.29, 1.82) is 0 Å². The molecule has 0 fully saturated rings. The fraction of sp³-hybridized carbons (Fsp3) is 0.281. The van der Waals surface area contributed by atoms with Gasteiger partial charge in [0.1, 0.15) is 0 Å². The van der Waals surface area contributed by atoms with Crippen molar-refractivity contribution < 1.29 is 0 Å². The lowest BCUT2D eigenvalue weighted by Gasteiger charge is -2.21. The van der Waals surface area contributed by atoms with Crippen molar-refractivity contribution >= 4 is 10.8 Å². The lowest BCUT2D eigenvalue weighted by atomic mass is 9.83. The van der Waals surface area contributed by atoms with E-state index in [0.29, 0.717) is 0 Å². The third-order valence-electron chi connectivity index (χ3n) is 13.3. The number of fused-ring (bicyclic) bond motifs is 1. The van der Waals surface area contributed by atoms with Gasteiger partial charge in [-0.05, 0) is 177 Å². The zero-order valence-electron chi connectivity index (χ0n) is 41.0. The lowest BCUT2D eigenvalue weighted by Crippen LogP contribution is -2.10. The topological polar surface area (TPSA) is 0 Å². The second kappa shape index (κ2) is 16.5. The second-order valence-electron chi connectivity index (χ2n) is 22.6. The minimum Gasteiger partial charge on any atom is -0.0587 e. The molecule has 0 saturated carbocycles. The third-order valence-corrected chi connectivity index (χ3v) is 13.3. The van der Waals surface area contributed by atoms with Crippen molar-refractivity contribution in [2.75, 3.05) is 0 Å². The van der Waals surface area contributed by atoms with Crippen LogP contribution >= 0.6 is 0 Å². The summed E-state index contributed by atoms with van der Waals surface area (Å²) in [5.74, 6) is 0. The van der Waals surface area contributed by atoms with Crippen molar-refractivity contribution in [2.24, 2.45) is 0 Å². The molecule has 0 saturated heterocycles. The molecule has 0 N–H and O–H groups in total. The first-order valence-corrected chi connectivity index (χ1v) is 23.3. The van der Waals surface area contributed by atoms with Crippen molar-refractivity contribution in [3.05, 3.63) is 191 Å². The molecule has 8 rings (SSSR count). The van der Waals surface area contributed by atoms with Crippen molar-refractivity contribution in [1.82, 2.24) is 0 Å². The maximum Gasteiger partial charge on any atom is -0.00752 e. The van der Waals surface area contributed by atoms with Crippen LogP contribution in [-0.4, -0.2) is 0 Å². The summed E-state index contributed by atoms with van der Waals surface area (Å²) in [5.41, 5.74) is 23.0. The zero-order valence-corrected chi connectivity index (χ0v) is 41.0. The van der Waals surface area contributed by atoms with Crippen molar-refractivity contribution in [2.45, 2.75) is 119 Å². The van der Waals surface area contributed by atoms with Crippen LogP contribution in [-0.2, 0) is 21.7 Å². The lowest BCUT2D eigenvalue weighted by molar-refractivity contribution is 0.590. The Bertz CT molecular complexity index is 2810. The van der Waals surface area contributed by atoms with E-state index in [9.17, 15) is 0 Å². The predicted molar refractivity (Wildman–Crippen MR) is 281 cm³/mol. The van der Waals surface area contributed by atoms with Gasteiger partial charge in [-0.3, -0.25) is 0 Å². The fourth-order valence-electron chi connectivity index (χ4n) is 9.17. The van der Waals surface area contributed by atoms with Gasteiger partial charge in [-0.15, -0.1) is 0 Å². The van der Waals surface area contributed by atoms with E-state index in [1.54, 1.807) is 0 Å². The van der Waals surface area contributed by atoms with E-state index in [1.165, 1.54) is 111 Å². The first kappa shape index (κ1) is 44.6. The normalized spacial score (nSPS) is 12.5. The summed E-state index contributed by atoms with van der Waals surface area (Å²) < 4.78 is 0. The van der Waals surface area contributed by atoms with E-state index in [-0.39, 0.29) is 21.7 Å². The Morgan fingerprint density at radius 2 is 0.547 bits per heavy atom. The van der Waals surface area contributed by atoms with Crippen LogP contribution in [0.15, 0.2) is 158 Å². The predicted octanol–water partition coefficient (Wildman–Crippen LogP) is 18.6. The summed E-state index contributed by atoms with van der Waals surface area (Å²) in [6.07, 6.45) is 0. The zero-order chi connectivity index (χ0) is 45.9. The van der Waals surface area contributed by atoms with Gasteiger partial charge in [-0.2, -0.15) is 0 Å². The Balaban J connectivity index is 1.34. The number of hydrogen-bond acceptors (Lipinski definition) is 0. The summed E-state index contributed by atoms with van der Waals surface area (Å²) in [5, 5.41) is 2.54. The Kier molecular flexibility index (Phi) is 11.5. The minimum absolute atomic E-state index is 0.0876. The summed E-state index contributed by atoms with van der Waals surface area (Å²) >= 11 is 0. The average molecular weight is 837 g/mol. The molecule has 0 spiro atoms. The van der Waals surface area contributed by atoms with Gasteiger partial charge in [-0.25, -0.2) is 0 Å². The van der Waals surface area contributed by atoms with Gasteiger partial charge in [0.15, 0.2) is 0 Å². The number of benzene rings is 8. The maximum atomic E-state index is 2.45. The quantitative estimate of drug-likeness (QED) is 0.157. The SMILES string of the molecule is Cc1ccc2c(-c3cc(-c4ccc(C(C)(C)C)cc4)cc(-c4ccc(C(C)(C)C)cc4)c3)c(C)cc(-c3cc(-c4ccc(C(C)(C)C)cc4)cc(-c4ccc(C(C)(C)C)cc4)c3)c2c1. The largest absolute Gasteiger partial charge is 0.0587 e. The number of rotatable bonds is 6. The van der Waals surface area contributed by atoms with Gasteiger partial charge in [0.2, 0.25) is 0 Å². The first-order chi connectivity index (χ1) is 30.0. The monoisotopic (exact) mass is 837 g/mol. The molecule has 0 unspecified atom stereocenters. The highest BCUT2D eigenvalue weighted by Gasteiger charge is 2.21. The Morgan fingerprint density at radius 1 is 0.250 bits per heavy atom. The summed E-state index contributed by atoms with van der Waals surface area (Å²) in [4.78, 5) is 0. The Morgan fingerprint density at radius 3 is 0.859 bits per heavy atom. The van der Waals surface area contributed by atoms with E-state index in [2.05, 4.69) is 255 Å². The van der Waals surface area contributed by atoms with Crippen LogP contribution in [0.25, 0.3) is 77.5 Å². The molecule has 0 aromatic heterocycles.